The van der Waals surface area contributed by atoms with Gasteiger partial charge in [0.25, 0.3) is 0 Å². The SMILES string of the molecule is O=C(CNc1ccc(F)cc1)NCC1CC(=O)N(C2CCCC2)C1. The smallest absolute Gasteiger partial charge is 0.239 e. The van der Waals surface area contributed by atoms with Gasteiger partial charge in [-0.05, 0) is 37.1 Å². The molecule has 130 valence electrons. The molecule has 2 aliphatic rings. The Morgan fingerprint density at radius 3 is 2.62 bits per heavy atom. The minimum absolute atomic E-state index is 0.119. The Hall–Kier alpha value is -2.11. The van der Waals surface area contributed by atoms with Gasteiger partial charge in [-0.15, -0.1) is 0 Å². The van der Waals surface area contributed by atoms with Crippen molar-refractivity contribution in [3.8, 4) is 0 Å². The number of nitrogens with one attached hydrogen (secondary N) is 2. The van der Waals surface area contributed by atoms with Crippen LogP contribution in [0.1, 0.15) is 32.1 Å². The lowest BCUT2D eigenvalue weighted by Crippen LogP contribution is -2.37. The molecule has 0 aromatic heterocycles. The van der Waals surface area contributed by atoms with Gasteiger partial charge in [-0.2, -0.15) is 0 Å². The largest absolute Gasteiger partial charge is 0.376 e. The number of halogens is 1. The van der Waals surface area contributed by atoms with E-state index >= 15 is 0 Å². The highest BCUT2D eigenvalue weighted by Gasteiger charge is 2.35. The number of hydrogen-bond donors (Lipinski definition) is 2. The first-order valence-corrected chi connectivity index (χ1v) is 8.67. The summed E-state index contributed by atoms with van der Waals surface area (Å²) < 4.78 is 12.8. The highest BCUT2D eigenvalue weighted by Crippen LogP contribution is 2.29. The molecule has 1 aliphatic carbocycles. The molecule has 1 unspecified atom stereocenters. The second-order valence-corrected chi connectivity index (χ2v) is 6.72. The van der Waals surface area contributed by atoms with E-state index in [1.54, 1.807) is 12.1 Å². The van der Waals surface area contributed by atoms with Gasteiger partial charge in [0.1, 0.15) is 5.82 Å². The topological polar surface area (TPSA) is 61.4 Å². The summed E-state index contributed by atoms with van der Waals surface area (Å²) in [5.74, 6) is 0.00673. The van der Waals surface area contributed by atoms with Crippen LogP contribution in [0.4, 0.5) is 10.1 Å². The number of benzene rings is 1. The molecule has 0 spiro atoms. The maximum atomic E-state index is 12.8. The van der Waals surface area contributed by atoms with Crippen molar-refractivity contribution in [2.24, 2.45) is 5.92 Å². The van der Waals surface area contributed by atoms with Gasteiger partial charge in [-0.25, -0.2) is 4.39 Å². The summed E-state index contributed by atoms with van der Waals surface area (Å²) in [6.07, 6.45) is 5.19. The Labute approximate surface area is 141 Å². The Morgan fingerprint density at radius 2 is 1.92 bits per heavy atom. The number of likely N-dealkylation sites (tertiary alicyclic amines) is 1. The standard InChI is InChI=1S/C18H24FN3O2/c19-14-5-7-15(8-6-14)20-11-17(23)21-10-13-9-18(24)22(12-13)16-3-1-2-4-16/h5-8,13,16,20H,1-4,9-12H2,(H,21,23). The van der Waals surface area contributed by atoms with Crippen LogP contribution in [0.2, 0.25) is 0 Å². The van der Waals surface area contributed by atoms with E-state index in [0.717, 1.165) is 19.4 Å². The Balaban J connectivity index is 1.38. The van der Waals surface area contributed by atoms with Crippen molar-refractivity contribution in [1.29, 1.82) is 0 Å². The van der Waals surface area contributed by atoms with E-state index in [-0.39, 0.29) is 30.1 Å². The van der Waals surface area contributed by atoms with Crippen molar-refractivity contribution in [2.75, 3.05) is 25.0 Å². The second-order valence-electron chi connectivity index (χ2n) is 6.72. The molecule has 1 aliphatic heterocycles. The molecule has 1 aromatic rings. The number of anilines is 1. The van der Waals surface area contributed by atoms with E-state index < -0.39 is 0 Å². The molecule has 2 N–H and O–H groups in total. The molecule has 0 radical (unpaired) electrons. The molecule has 6 heteroatoms. The number of amides is 2. The summed E-state index contributed by atoms with van der Waals surface area (Å²) in [7, 11) is 0. The fourth-order valence-electron chi connectivity index (χ4n) is 3.58. The number of hydrogen-bond acceptors (Lipinski definition) is 3. The summed E-state index contributed by atoms with van der Waals surface area (Å²) in [6.45, 7) is 1.42. The Morgan fingerprint density at radius 1 is 1.21 bits per heavy atom. The van der Waals surface area contributed by atoms with E-state index in [2.05, 4.69) is 10.6 Å². The lowest BCUT2D eigenvalue weighted by Gasteiger charge is -2.24. The first-order valence-electron chi connectivity index (χ1n) is 8.67. The van der Waals surface area contributed by atoms with Crippen LogP contribution in [0.3, 0.4) is 0 Å². The van der Waals surface area contributed by atoms with Crippen LogP contribution in [-0.2, 0) is 9.59 Å². The van der Waals surface area contributed by atoms with Crippen molar-refractivity contribution in [1.82, 2.24) is 10.2 Å². The third-order valence-corrected chi connectivity index (χ3v) is 4.89. The summed E-state index contributed by atoms with van der Waals surface area (Å²) in [6, 6.07) is 6.30. The van der Waals surface area contributed by atoms with Gasteiger partial charge in [-0.1, -0.05) is 12.8 Å². The zero-order valence-corrected chi connectivity index (χ0v) is 13.8. The average Bonchev–Trinajstić information content (AvgIpc) is 3.21. The molecule has 24 heavy (non-hydrogen) atoms. The summed E-state index contributed by atoms with van der Waals surface area (Å²) >= 11 is 0. The van der Waals surface area contributed by atoms with Crippen molar-refractivity contribution in [2.45, 2.75) is 38.1 Å². The summed E-state index contributed by atoms with van der Waals surface area (Å²) in [4.78, 5) is 26.1. The van der Waals surface area contributed by atoms with Gasteiger partial charge < -0.3 is 15.5 Å². The molecule has 0 bridgehead atoms. The lowest BCUT2D eigenvalue weighted by atomic mass is 10.1. The number of nitrogens with zero attached hydrogens (tertiary/aromatic N) is 1. The number of carbonyl (C=O) groups excluding carboxylic acids is 2. The zero-order valence-electron chi connectivity index (χ0n) is 13.8. The molecule has 1 atom stereocenters. The van der Waals surface area contributed by atoms with E-state index in [4.69, 9.17) is 0 Å². The quantitative estimate of drug-likeness (QED) is 0.838. The Bertz CT molecular complexity index is 584. The maximum absolute atomic E-state index is 12.8. The lowest BCUT2D eigenvalue weighted by molar-refractivity contribution is -0.129. The van der Waals surface area contributed by atoms with Crippen molar-refractivity contribution < 1.29 is 14.0 Å². The van der Waals surface area contributed by atoms with Crippen molar-refractivity contribution in [3.05, 3.63) is 30.1 Å². The van der Waals surface area contributed by atoms with Crippen LogP contribution in [-0.4, -0.2) is 42.4 Å². The predicted octanol–water partition coefficient (Wildman–Crippen LogP) is 2.14. The highest BCUT2D eigenvalue weighted by atomic mass is 19.1. The molecular weight excluding hydrogens is 309 g/mol. The van der Waals surface area contributed by atoms with E-state index in [0.29, 0.717) is 24.7 Å². The monoisotopic (exact) mass is 333 g/mol. The van der Waals surface area contributed by atoms with Gasteiger partial charge in [0, 0.05) is 37.2 Å². The molecule has 1 saturated carbocycles. The average molecular weight is 333 g/mol. The van der Waals surface area contributed by atoms with E-state index in [9.17, 15) is 14.0 Å². The van der Waals surface area contributed by atoms with Gasteiger partial charge in [0.15, 0.2) is 0 Å². The normalized spacial score (nSPS) is 21.3. The van der Waals surface area contributed by atoms with Crippen molar-refractivity contribution >= 4 is 17.5 Å². The number of rotatable bonds is 6. The van der Waals surface area contributed by atoms with Gasteiger partial charge in [0.05, 0.1) is 6.54 Å². The molecule has 1 saturated heterocycles. The fourth-order valence-corrected chi connectivity index (χ4v) is 3.58. The number of carbonyl (C=O) groups is 2. The van der Waals surface area contributed by atoms with E-state index in [1.807, 2.05) is 4.90 Å². The van der Waals surface area contributed by atoms with Gasteiger partial charge in [-0.3, -0.25) is 9.59 Å². The van der Waals surface area contributed by atoms with Crippen LogP contribution < -0.4 is 10.6 Å². The fraction of sp³-hybridized carbons (Fsp3) is 0.556. The van der Waals surface area contributed by atoms with Crippen molar-refractivity contribution in [3.63, 3.8) is 0 Å². The van der Waals surface area contributed by atoms with Crippen LogP contribution >= 0.6 is 0 Å². The first kappa shape index (κ1) is 16.7. The summed E-state index contributed by atoms with van der Waals surface area (Å²) in [5.41, 5.74) is 0.704. The van der Waals surface area contributed by atoms with Crippen LogP contribution in [0.5, 0.6) is 0 Å². The molecule has 1 aromatic carbocycles. The third kappa shape index (κ3) is 4.24. The van der Waals surface area contributed by atoms with E-state index in [1.165, 1.54) is 25.0 Å². The second kappa shape index (κ2) is 7.64. The van der Waals surface area contributed by atoms with Gasteiger partial charge in [0.2, 0.25) is 11.8 Å². The Kier molecular flexibility index (Phi) is 5.33. The van der Waals surface area contributed by atoms with Gasteiger partial charge >= 0.3 is 0 Å². The maximum Gasteiger partial charge on any atom is 0.239 e. The first-order chi connectivity index (χ1) is 11.6. The molecule has 5 nitrogen and oxygen atoms in total. The zero-order chi connectivity index (χ0) is 16.9. The minimum atomic E-state index is -0.303. The molecule has 2 fully saturated rings. The molecular formula is C18H24FN3O2. The molecule has 1 heterocycles. The molecule has 2 amide bonds. The predicted molar refractivity (Wildman–Crippen MR) is 90.0 cm³/mol. The molecule has 3 rings (SSSR count). The minimum Gasteiger partial charge on any atom is -0.376 e. The highest BCUT2D eigenvalue weighted by molar-refractivity contribution is 5.81. The van der Waals surface area contributed by atoms with Crippen LogP contribution in [0, 0.1) is 11.7 Å². The van der Waals surface area contributed by atoms with Crippen LogP contribution in [0.15, 0.2) is 24.3 Å². The summed E-state index contributed by atoms with van der Waals surface area (Å²) in [5, 5.41) is 5.84. The van der Waals surface area contributed by atoms with Crippen LogP contribution in [0.25, 0.3) is 0 Å². The third-order valence-electron chi connectivity index (χ3n) is 4.89.